The Hall–Kier alpha value is -8.33. The number of allylic oxidation sites excluding steroid dienone is 6. The van der Waals surface area contributed by atoms with Crippen molar-refractivity contribution in [2.75, 3.05) is 0 Å². The van der Waals surface area contributed by atoms with Crippen LogP contribution >= 0.6 is 0 Å². The molecule has 2 aliphatic rings. The van der Waals surface area contributed by atoms with Gasteiger partial charge in [-0.3, -0.25) is 0 Å². The molecule has 292 valence electrons. The van der Waals surface area contributed by atoms with Gasteiger partial charge in [-0.25, -0.2) is 0 Å². The van der Waals surface area contributed by atoms with Crippen molar-refractivity contribution in [1.29, 1.82) is 42.1 Å². The van der Waals surface area contributed by atoms with E-state index in [4.69, 9.17) is 0 Å². The number of rotatable bonds is 7. The van der Waals surface area contributed by atoms with Crippen molar-refractivity contribution in [3.05, 3.63) is 164 Å². The monoisotopic (exact) mass is 828 g/mol. The molecule has 0 saturated carbocycles. The Morgan fingerprint density at radius 3 is 1.42 bits per heavy atom. The predicted octanol–water partition coefficient (Wildman–Crippen LogP) is 9.99. The van der Waals surface area contributed by atoms with E-state index >= 15 is 0 Å². The molecule has 0 amide bonds. The standard InChI is InChI=1S/C52H36N8Si2/c1-61(2,3)39-11-7-35(8-12-39)49-47(29-59)41-21-42-44(22-43(41)51(49)45(27-57)37-17-31(23-53)15-32(18-37)24-54)52(46(28-58)38-19-33(25-55)16-34(20-38)26-56)50(48(42)30-60)36-9-13-40(14-10-36)62(4,5)6/h7-22,45,51H,1-6H3/b52-46-. The summed E-state index contributed by atoms with van der Waals surface area (Å²) in [5.41, 5.74) is 7.33. The Morgan fingerprint density at radius 2 is 0.984 bits per heavy atom. The highest BCUT2D eigenvalue weighted by Crippen LogP contribution is 2.57. The Morgan fingerprint density at radius 1 is 0.500 bits per heavy atom. The SMILES string of the molecule is C[Si](C)(C)c1ccc(C2=C(C#N)c3cc4c(cc3/C2=C(\C#N)c2cc(C#N)cc(C#N)c2)C(C(C#N)c2cc(C#N)cc(C#N)c2)C(c2ccc([Si](C)(C)C)cc2)=C4C#N)cc1. The van der Waals surface area contributed by atoms with Crippen LogP contribution in [0.25, 0.3) is 33.4 Å². The molecule has 0 heterocycles. The number of fused-ring (bicyclic) bond motifs is 2. The third-order valence-electron chi connectivity index (χ3n) is 11.6. The minimum Gasteiger partial charge on any atom is -0.198 e. The van der Waals surface area contributed by atoms with E-state index in [0.717, 1.165) is 5.56 Å². The first-order valence-electron chi connectivity index (χ1n) is 19.8. The van der Waals surface area contributed by atoms with E-state index in [-0.39, 0.29) is 33.4 Å². The van der Waals surface area contributed by atoms with Crippen LogP contribution in [0.5, 0.6) is 0 Å². The second-order valence-electron chi connectivity index (χ2n) is 17.4. The van der Waals surface area contributed by atoms with E-state index in [2.05, 4.69) is 112 Å². The van der Waals surface area contributed by atoms with Crippen LogP contribution in [0.3, 0.4) is 0 Å². The lowest BCUT2D eigenvalue weighted by molar-refractivity contribution is 0.773. The van der Waals surface area contributed by atoms with Gasteiger partial charge in [0.25, 0.3) is 0 Å². The fourth-order valence-corrected chi connectivity index (χ4v) is 10.9. The topological polar surface area (TPSA) is 190 Å². The number of benzene rings is 5. The van der Waals surface area contributed by atoms with Crippen LogP contribution < -0.4 is 10.4 Å². The van der Waals surface area contributed by atoms with Crippen LogP contribution in [0, 0.1) is 90.6 Å². The summed E-state index contributed by atoms with van der Waals surface area (Å²) in [6.07, 6.45) is 0. The van der Waals surface area contributed by atoms with Crippen molar-refractivity contribution in [2.24, 2.45) is 0 Å². The van der Waals surface area contributed by atoms with Crippen molar-refractivity contribution in [3.8, 4) is 48.6 Å². The molecule has 0 aromatic heterocycles. The predicted molar refractivity (Wildman–Crippen MR) is 245 cm³/mol. The first kappa shape index (κ1) is 41.8. The molecule has 10 heteroatoms. The Kier molecular flexibility index (Phi) is 10.8. The molecular weight excluding hydrogens is 793 g/mol. The van der Waals surface area contributed by atoms with Crippen LogP contribution in [0.4, 0.5) is 0 Å². The Labute approximate surface area is 364 Å². The Bertz CT molecular complexity index is 3160. The molecular formula is C52H36N8Si2. The molecule has 0 aliphatic heterocycles. The summed E-state index contributed by atoms with van der Waals surface area (Å²) in [5.74, 6) is -1.78. The average molecular weight is 829 g/mol. The van der Waals surface area contributed by atoms with Crippen molar-refractivity contribution >= 4 is 60.0 Å². The summed E-state index contributed by atoms with van der Waals surface area (Å²) in [4.78, 5) is 0. The molecule has 0 spiro atoms. The molecule has 2 aliphatic carbocycles. The second-order valence-corrected chi connectivity index (χ2v) is 27.6. The van der Waals surface area contributed by atoms with Crippen LogP contribution in [0.1, 0.15) is 78.6 Å². The molecule has 0 radical (unpaired) electrons. The van der Waals surface area contributed by atoms with Gasteiger partial charge in [0, 0.05) is 22.6 Å². The first-order chi connectivity index (χ1) is 29.6. The van der Waals surface area contributed by atoms with E-state index in [1.807, 2.05) is 36.4 Å². The van der Waals surface area contributed by atoms with E-state index < -0.39 is 28.0 Å². The summed E-state index contributed by atoms with van der Waals surface area (Å²) in [6.45, 7) is 13.4. The highest BCUT2D eigenvalue weighted by atomic mass is 28.3. The second kappa shape index (κ2) is 16.0. The van der Waals surface area contributed by atoms with Crippen molar-refractivity contribution in [2.45, 2.75) is 51.1 Å². The zero-order chi connectivity index (χ0) is 44.7. The molecule has 5 aromatic carbocycles. The normalized spacial score (nSPS) is 15.3. The zero-order valence-electron chi connectivity index (χ0n) is 35.0. The van der Waals surface area contributed by atoms with E-state index in [9.17, 15) is 42.1 Å². The lowest BCUT2D eigenvalue weighted by Gasteiger charge is -2.24. The van der Waals surface area contributed by atoms with E-state index in [0.29, 0.717) is 61.2 Å². The molecule has 7 rings (SSSR count). The van der Waals surface area contributed by atoms with Crippen LogP contribution in [0.15, 0.2) is 97.1 Å². The highest BCUT2D eigenvalue weighted by molar-refractivity contribution is 6.89. The number of nitriles is 8. The van der Waals surface area contributed by atoms with Gasteiger partial charge in [-0.15, -0.1) is 0 Å². The maximum absolute atomic E-state index is 11.2. The van der Waals surface area contributed by atoms with Crippen molar-refractivity contribution < 1.29 is 0 Å². The maximum Gasteiger partial charge on any atom is 0.100 e. The molecule has 0 saturated heterocycles. The first-order valence-corrected chi connectivity index (χ1v) is 26.8. The van der Waals surface area contributed by atoms with Gasteiger partial charge >= 0.3 is 0 Å². The van der Waals surface area contributed by atoms with Gasteiger partial charge in [0.05, 0.1) is 91.4 Å². The summed E-state index contributed by atoms with van der Waals surface area (Å²) < 4.78 is 0. The van der Waals surface area contributed by atoms with Crippen LogP contribution in [-0.4, -0.2) is 16.1 Å². The van der Waals surface area contributed by atoms with Gasteiger partial charge in [0.1, 0.15) is 18.2 Å². The van der Waals surface area contributed by atoms with Crippen LogP contribution in [0.2, 0.25) is 39.3 Å². The molecule has 0 fully saturated rings. The molecule has 0 N–H and O–H groups in total. The van der Waals surface area contributed by atoms with Gasteiger partial charge in [-0.2, -0.15) is 42.1 Å². The summed E-state index contributed by atoms with van der Waals surface area (Å²) in [5, 5.41) is 86.7. The largest absolute Gasteiger partial charge is 0.198 e. The zero-order valence-corrected chi connectivity index (χ0v) is 37.0. The minimum atomic E-state index is -1.74. The van der Waals surface area contributed by atoms with Gasteiger partial charge < -0.3 is 0 Å². The van der Waals surface area contributed by atoms with Gasteiger partial charge in [0.15, 0.2) is 0 Å². The van der Waals surface area contributed by atoms with E-state index in [1.165, 1.54) is 22.5 Å². The van der Waals surface area contributed by atoms with Crippen molar-refractivity contribution in [3.63, 3.8) is 0 Å². The van der Waals surface area contributed by atoms with E-state index in [1.54, 1.807) is 24.3 Å². The molecule has 0 bridgehead atoms. The maximum atomic E-state index is 11.2. The average Bonchev–Trinajstić information content (AvgIpc) is 3.76. The third-order valence-corrected chi connectivity index (χ3v) is 15.8. The minimum absolute atomic E-state index is 0.136. The van der Waals surface area contributed by atoms with Gasteiger partial charge in [-0.05, 0) is 93.0 Å². The number of nitrogens with zero attached hydrogens (tertiary/aromatic N) is 8. The third kappa shape index (κ3) is 7.21. The number of hydrogen-bond acceptors (Lipinski definition) is 8. The fraction of sp³-hybridized carbons (Fsp3) is 0.154. The molecule has 2 atom stereocenters. The Balaban J connectivity index is 1.61. The lowest BCUT2D eigenvalue weighted by Crippen LogP contribution is -2.37. The smallest absolute Gasteiger partial charge is 0.100 e. The molecule has 8 nitrogen and oxygen atoms in total. The summed E-state index contributed by atoms with van der Waals surface area (Å²) >= 11 is 0. The fourth-order valence-electron chi connectivity index (χ4n) is 8.56. The van der Waals surface area contributed by atoms with Gasteiger partial charge in [0.2, 0.25) is 0 Å². The van der Waals surface area contributed by atoms with Gasteiger partial charge in [-0.1, -0.05) is 98.2 Å². The van der Waals surface area contributed by atoms with Crippen LogP contribution in [-0.2, 0) is 0 Å². The summed E-state index contributed by atoms with van der Waals surface area (Å²) in [6, 6.07) is 47.2. The highest BCUT2D eigenvalue weighted by Gasteiger charge is 2.42. The molecule has 5 aromatic rings. The van der Waals surface area contributed by atoms with Crippen molar-refractivity contribution in [1.82, 2.24) is 0 Å². The molecule has 62 heavy (non-hydrogen) atoms. The lowest BCUT2D eigenvalue weighted by atomic mass is 9.76. The number of hydrogen-bond donors (Lipinski definition) is 0. The quantitative estimate of drug-likeness (QED) is 0.114. The summed E-state index contributed by atoms with van der Waals surface area (Å²) in [7, 11) is -3.47. The molecule has 2 unspecified atom stereocenters.